The van der Waals surface area contributed by atoms with E-state index in [1.807, 2.05) is 43.4 Å². The first-order valence-electron chi connectivity index (χ1n) is 6.33. The van der Waals surface area contributed by atoms with Crippen molar-refractivity contribution < 1.29 is 0 Å². The van der Waals surface area contributed by atoms with E-state index in [4.69, 9.17) is 0 Å². The summed E-state index contributed by atoms with van der Waals surface area (Å²) in [6, 6.07) is 11.8. The molecule has 3 N–H and O–H groups in total. The third-order valence-corrected chi connectivity index (χ3v) is 3.30. The number of pyridine rings is 1. The van der Waals surface area contributed by atoms with Crippen LogP contribution in [0.3, 0.4) is 0 Å². The van der Waals surface area contributed by atoms with E-state index in [2.05, 4.69) is 30.5 Å². The molecule has 4 aromatic rings. The Bertz CT molecular complexity index is 904. The van der Waals surface area contributed by atoms with E-state index in [0.717, 1.165) is 33.8 Å². The van der Waals surface area contributed by atoms with Crippen molar-refractivity contribution in [1.29, 1.82) is 0 Å². The molecule has 20 heavy (non-hydrogen) atoms. The van der Waals surface area contributed by atoms with Crippen LogP contribution in [0.1, 0.15) is 0 Å². The number of imidazole rings is 1. The number of rotatable bonds is 2. The van der Waals surface area contributed by atoms with Gasteiger partial charge in [-0.1, -0.05) is 18.2 Å². The maximum Gasteiger partial charge on any atom is 0.180 e. The normalized spacial score (nSPS) is 11.2. The summed E-state index contributed by atoms with van der Waals surface area (Å²) >= 11 is 0. The molecule has 0 aliphatic heterocycles. The van der Waals surface area contributed by atoms with Crippen molar-refractivity contribution in [2.75, 3.05) is 12.4 Å². The second-order valence-electron chi connectivity index (χ2n) is 4.52. The number of H-pyrrole nitrogens is 2. The van der Waals surface area contributed by atoms with Gasteiger partial charge in [0, 0.05) is 12.4 Å². The van der Waals surface area contributed by atoms with Crippen molar-refractivity contribution in [3.8, 4) is 11.5 Å². The zero-order chi connectivity index (χ0) is 13.5. The molecule has 0 aliphatic carbocycles. The van der Waals surface area contributed by atoms with Crippen molar-refractivity contribution in [3.63, 3.8) is 0 Å². The molecule has 0 radical (unpaired) electrons. The van der Waals surface area contributed by atoms with Crippen LogP contribution in [0.5, 0.6) is 0 Å². The molecule has 1 aromatic carbocycles. The highest BCUT2D eigenvalue weighted by Crippen LogP contribution is 2.25. The van der Waals surface area contributed by atoms with Crippen molar-refractivity contribution in [2.24, 2.45) is 0 Å². The summed E-state index contributed by atoms with van der Waals surface area (Å²) in [6.07, 6.45) is 0. The second-order valence-corrected chi connectivity index (χ2v) is 4.52. The molecule has 0 atom stereocenters. The zero-order valence-corrected chi connectivity index (χ0v) is 10.8. The molecular formula is C14H12N6. The van der Waals surface area contributed by atoms with Gasteiger partial charge in [0.2, 0.25) is 0 Å². The number of para-hydroxylation sites is 1. The molecule has 98 valence electrons. The molecule has 0 bridgehead atoms. The fourth-order valence-electron chi connectivity index (χ4n) is 2.29. The fourth-order valence-corrected chi connectivity index (χ4v) is 2.29. The molecule has 0 aliphatic rings. The molecule has 3 aromatic heterocycles. The average Bonchev–Trinajstić information content (AvgIpc) is 3.09. The lowest BCUT2D eigenvalue weighted by atomic mass is 10.2. The highest BCUT2D eigenvalue weighted by Gasteiger charge is 2.12. The Morgan fingerprint density at radius 3 is 2.80 bits per heavy atom. The van der Waals surface area contributed by atoms with Gasteiger partial charge in [0.15, 0.2) is 11.5 Å². The van der Waals surface area contributed by atoms with Crippen LogP contribution in [0.15, 0.2) is 36.4 Å². The molecule has 4 rings (SSSR count). The molecule has 0 saturated heterocycles. The number of anilines is 1. The second kappa shape index (κ2) is 4.06. The molecule has 0 saturated carbocycles. The van der Waals surface area contributed by atoms with Crippen LogP contribution in [-0.4, -0.2) is 32.2 Å². The van der Waals surface area contributed by atoms with E-state index in [0.29, 0.717) is 5.65 Å². The third kappa shape index (κ3) is 1.55. The Kier molecular flexibility index (Phi) is 2.23. The Morgan fingerprint density at radius 2 is 1.90 bits per heavy atom. The first-order valence-corrected chi connectivity index (χ1v) is 6.33. The van der Waals surface area contributed by atoms with Crippen LogP contribution in [0.4, 0.5) is 5.82 Å². The van der Waals surface area contributed by atoms with Crippen LogP contribution in [0.25, 0.3) is 33.6 Å². The molecule has 0 amide bonds. The Morgan fingerprint density at radius 1 is 1.00 bits per heavy atom. The summed E-state index contributed by atoms with van der Waals surface area (Å²) in [4.78, 5) is 12.2. The van der Waals surface area contributed by atoms with Crippen molar-refractivity contribution in [1.82, 2.24) is 25.1 Å². The molecule has 0 unspecified atom stereocenters. The minimum absolute atomic E-state index is 0.680. The standard InChI is InChI=1S/C14H12N6/c1-15-11-7-6-10-13(17-11)18-14(16-10)12-8-4-2-3-5-9(8)19-20-12/h2-7H,1H3,(H,19,20)(H2,15,16,17,18). The summed E-state index contributed by atoms with van der Waals surface area (Å²) in [5, 5.41) is 11.4. The monoisotopic (exact) mass is 264 g/mol. The van der Waals surface area contributed by atoms with Gasteiger partial charge in [0.1, 0.15) is 11.5 Å². The van der Waals surface area contributed by atoms with Crippen molar-refractivity contribution in [3.05, 3.63) is 36.4 Å². The number of hydrogen-bond donors (Lipinski definition) is 3. The molecular weight excluding hydrogens is 252 g/mol. The molecule has 6 heteroatoms. The van der Waals surface area contributed by atoms with E-state index in [1.54, 1.807) is 0 Å². The number of nitrogens with one attached hydrogen (secondary N) is 3. The molecule has 6 nitrogen and oxygen atoms in total. The molecule has 0 spiro atoms. The van der Waals surface area contributed by atoms with Crippen LogP contribution < -0.4 is 5.32 Å². The number of fused-ring (bicyclic) bond motifs is 2. The highest BCUT2D eigenvalue weighted by molar-refractivity contribution is 5.92. The lowest BCUT2D eigenvalue weighted by molar-refractivity contribution is 1.10. The third-order valence-electron chi connectivity index (χ3n) is 3.30. The minimum atomic E-state index is 0.680. The average molecular weight is 264 g/mol. The van der Waals surface area contributed by atoms with Gasteiger partial charge in [0.05, 0.1) is 11.0 Å². The Balaban J connectivity index is 1.93. The van der Waals surface area contributed by atoms with Crippen LogP contribution in [-0.2, 0) is 0 Å². The van der Waals surface area contributed by atoms with E-state index in [-0.39, 0.29) is 0 Å². The van der Waals surface area contributed by atoms with Gasteiger partial charge >= 0.3 is 0 Å². The van der Waals surface area contributed by atoms with E-state index >= 15 is 0 Å². The van der Waals surface area contributed by atoms with Gasteiger partial charge in [-0.05, 0) is 18.2 Å². The summed E-state index contributed by atoms with van der Waals surface area (Å²) in [5.74, 6) is 1.51. The van der Waals surface area contributed by atoms with Gasteiger partial charge in [-0.3, -0.25) is 5.10 Å². The largest absolute Gasteiger partial charge is 0.373 e. The molecule has 3 heterocycles. The summed E-state index contributed by atoms with van der Waals surface area (Å²) in [6.45, 7) is 0. The first-order chi connectivity index (χ1) is 9.85. The van der Waals surface area contributed by atoms with Crippen molar-refractivity contribution >= 4 is 27.9 Å². The topological polar surface area (TPSA) is 82.3 Å². The maximum absolute atomic E-state index is 4.52. The number of aromatic amines is 2. The van der Waals surface area contributed by atoms with Gasteiger partial charge in [-0.25, -0.2) is 9.97 Å². The van der Waals surface area contributed by atoms with Gasteiger partial charge in [-0.15, -0.1) is 0 Å². The predicted molar refractivity (Wildman–Crippen MR) is 78.5 cm³/mol. The lowest BCUT2D eigenvalue weighted by Crippen LogP contribution is -1.91. The number of hydrogen-bond acceptors (Lipinski definition) is 4. The van der Waals surface area contributed by atoms with E-state index in [1.165, 1.54) is 0 Å². The lowest BCUT2D eigenvalue weighted by Gasteiger charge is -1.95. The Hall–Kier alpha value is -2.89. The maximum atomic E-state index is 4.52. The summed E-state index contributed by atoms with van der Waals surface area (Å²) < 4.78 is 0. The minimum Gasteiger partial charge on any atom is -0.373 e. The smallest absolute Gasteiger partial charge is 0.180 e. The number of aromatic nitrogens is 5. The van der Waals surface area contributed by atoms with Gasteiger partial charge < -0.3 is 10.3 Å². The first kappa shape index (κ1) is 11.0. The van der Waals surface area contributed by atoms with E-state index < -0.39 is 0 Å². The fraction of sp³-hybridized carbons (Fsp3) is 0.0714. The quantitative estimate of drug-likeness (QED) is 0.519. The van der Waals surface area contributed by atoms with Crippen LogP contribution >= 0.6 is 0 Å². The van der Waals surface area contributed by atoms with Crippen LogP contribution in [0, 0.1) is 0 Å². The van der Waals surface area contributed by atoms with Crippen LogP contribution in [0.2, 0.25) is 0 Å². The van der Waals surface area contributed by atoms with E-state index in [9.17, 15) is 0 Å². The Labute approximate surface area is 114 Å². The number of benzene rings is 1. The number of nitrogens with zero attached hydrogens (tertiary/aromatic N) is 3. The summed E-state index contributed by atoms with van der Waals surface area (Å²) in [5.41, 5.74) is 3.38. The van der Waals surface area contributed by atoms with Gasteiger partial charge in [0.25, 0.3) is 0 Å². The molecule has 0 fully saturated rings. The van der Waals surface area contributed by atoms with Crippen molar-refractivity contribution in [2.45, 2.75) is 0 Å². The summed E-state index contributed by atoms with van der Waals surface area (Å²) in [7, 11) is 1.84. The van der Waals surface area contributed by atoms with Gasteiger partial charge in [-0.2, -0.15) is 5.10 Å². The SMILES string of the molecule is CNc1ccc2[nH]c(-c3n[nH]c4ccccc34)nc2n1. The highest BCUT2D eigenvalue weighted by atomic mass is 15.1. The predicted octanol–water partition coefficient (Wildman–Crippen LogP) is 2.54. The zero-order valence-electron chi connectivity index (χ0n) is 10.8.